The molecule has 0 aliphatic carbocycles. The highest BCUT2D eigenvalue weighted by Crippen LogP contribution is 2.26. The largest absolute Gasteiger partial charge is 0.469 e. The van der Waals surface area contributed by atoms with Crippen molar-refractivity contribution in [3.63, 3.8) is 0 Å². The number of benzene rings is 1. The summed E-state index contributed by atoms with van der Waals surface area (Å²) in [6, 6.07) is 1.77. The monoisotopic (exact) mass is 263 g/mol. The van der Waals surface area contributed by atoms with E-state index in [2.05, 4.69) is 10.1 Å². The van der Waals surface area contributed by atoms with Crippen LogP contribution in [0, 0.1) is 11.6 Å². The molecule has 0 spiro atoms. The van der Waals surface area contributed by atoms with E-state index in [1.54, 1.807) is 0 Å². The molecular formula is C11H12ClF2NO2. The van der Waals surface area contributed by atoms with Gasteiger partial charge in [-0.25, -0.2) is 8.78 Å². The Balaban J connectivity index is 2.50. The summed E-state index contributed by atoms with van der Waals surface area (Å²) in [5.41, 5.74) is 0.0398. The minimum Gasteiger partial charge on any atom is -0.469 e. The molecule has 0 amide bonds. The normalized spacial score (nSPS) is 10.1. The number of hydrogen-bond acceptors (Lipinski definition) is 3. The van der Waals surface area contributed by atoms with Crippen LogP contribution in [0.15, 0.2) is 12.1 Å². The summed E-state index contributed by atoms with van der Waals surface area (Å²) in [7, 11) is 1.30. The molecule has 0 aromatic heterocycles. The molecule has 1 N–H and O–H groups in total. The third-order valence-electron chi connectivity index (χ3n) is 2.09. The molecule has 0 aliphatic heterocycles. The van der Waals surface area contributed by atoms with E-state index in [-0.39, 0.29) is 23.1 Å². The van der Waals surface area contributed by atoms with Crippen molar-refractivity contribution in [2.45, 2.75) is 12.8 Å². The van der Waals surface area contributed by atoms with E-state index in [0.29, 0.717) is 13.0 Å². The van der Waals surface area contributed by atoms with Gasteiger partial charge in [0.05, 0.1) is 17.8 Å². The summed E-state index contributed by atoms with van der Waals surface area (Å²) < 4.78 is 30.5. The minimum absolute atomic E-state index is 0.0273. The van der Waals surface area contributed by atoms with Crippen LogP contribution in [0.5, 0.6) is 0 Å². The summed E-state index contributed by atoms with van der Waals surface area (Å²) in [6.07, 6.45) is 0.698. The summed E-state index contributed by atoms with van der Waals surface area (Å²) in [4.78, 5) is 10.8. The molecule has 1 aromatic carbocycles. The Morgan fingerprint density at radius 2 is 2.18 bits per heavy atom. The average molecular weight is 264 g/mol. The zero-order valence-corrected chi connectivity index (χ0v) is 9.98. The van der Waals surface area contributed by atoms with Crippen molar-refractivity contribution >= 4 is 23.3 Å². The maximum Gasteiger partial charge on any atom is 0.305 e. The number of methoxy groups -OCH3 is 1. The summed E-state index contributed by atoms with van der Waals surface area (Å²) in [5.74, 6) is -1.82. The van der Waals surface area contributed by atoms with E-state index >= 15 is 0 Å². The van der Waals surface area contributed by atoms with E-state index in [9.17, 15) is 13.6 Å². The standard InChI is InChI=1S/C11H12ClF2NO2/c1-17-10(16)3-2-4-15-11-8(12)5-7(13)6-9(11)14/h5-6,15H,2-4H2,1H3. The fourth-order valence-electron chi connectivity index (χ4n) is 1.26. The molecule has 0 unspecified atom stereocenters. The van der Waals surface area contributed by atoms with Gasteiger partial charge in [-0.1, -0.05) is 11.6 Å². The van der Waals surface area contributed by atoms with Crippen molar-refractivity contribution in [1.82, 2.24) is 0 Å². The highest BCUT2D eigenvalue weighted by atomic mass is 35.5. The zero-order valence-electron chi connectivity index (χ0n) is 9.23. The number of hydrogen-bond donors (Lipinski definition) is 1. The molecule has 1 aromatic rings. The lowest BCUT2D eigenvalue weighted by Gasteiger charge is -2.09. The Morgan fingerprint density at radius 3 is 2.76 bits per heavy atom. The molecule has 0 fully saturated rings. The summed E-state index contributed by atoms with van der Waals surface area (Å²) in [6.45, 7) is 0.345. The van der Waals surface area contributed by atoms with Gasteiger partial charge in [-0.15, -0.1) is 0 Å². The van der Waals surface area contributed by atoms with Crippen molar-refractivity contribution in [3.8, 4) is 0 Å². The van der Waals surface area contributed by atoms with Crippen molar-refractivity contribution in [1.29, 1.82) is 0 Å². The van der Waals surface area contributed by atoms with Gasteiger partial charge < -0.3 is 10.1 Å². The van der Waals surface area contributed by atoms with Gasteiger partial charge in [-0.3, -0.25) is 4.79 Å². The average Bonchev–Trinajstić information content (AvgIpc) is 2.26. The fraction of sp³-hybridized carbons (Fsp3) is 0.364. The third-order valence-corrected chi connectivity index (χ3v) is 2.39. The van der Waals surface area contributed by atoms with Gasteiger partial charge in [0.15, 0.2) is 5.82 Å². The van der Waals surface area contributed by atoms with Crippen LogP contribution in [0.4, 0.5) is 14.5 Å². The maximum absolute atomic E-state index is 13.3. The van der Waals surface area contributed by atoms with E-state index < -0.39 is 11.6 Å². The molecule has 0 radical (unpaired) electrons. The van der Waals surface area contributed by atoms with Gasteiger partial charge in [-0.05, 0) is 12.5 Å². The van der Waals surface area contributed by atoms with Crippen LogP contribution in [-0.4, -0.2) is 19.6 Å². The zero-order chi connectivity index (χ0) is 12.8. The Morgan fingerprint density at radius 1 is 1.47 bits per heavy atom. The number of esters is 1. The van der Waals surface area contributed by atoms with Crippen LogP contribution in [0.1, 0.15) is 12.8 Å². The number of nitrogens with one attached hydrogen (secondary N) is 1. The highest BCUT2D eigenvalue weighted by Gasteiger charge is 2.09. The second kappa shape index (κ2) is 6.39. The predicted molar refractivity (Wildman–Crippen MR) is 61.1 cm³/mol. The molecule has 0 atom stereocenters. The lowest BCUT2D eigenvalue weighted by molar-refractivity contribution is -0.140. The van der Waals surface area contributed by atoms with Crippen LogP contribution >= 0.6 is 11.6 Å². The van der Waals surface area contributed by atoms with Gasteiger partial charge >= 0.3 is 5.97 Å². The Hall–Kier alpha value is -1.36. The highest BCUT2D eigenvalue weighted by molar-refractivity contribution is 6.33. The first-order valence-corrected chi connectivity index (χ1v) is 5.37. The minimum atomic E-state index is -0.756. The second-order valence-corrected chi connectivity index (χ2v) is 3.76. The molecule has 0 saturated heterocycles. The van der Waals surface area contributed by atoms with E-state index in [0.717, 1.165) is 12.1 Å². The molecular weight excluding hydrogens is 252 g/mol. The van der Waals surface area contributed by atoms with Crippen molar-refractivity contribution < 1.29 is 18.3 Å². The lowest BCUT2D eigenvalue weighted by atomic mass is 10.2. The van der Waals surface area contributed by atoms with Gasteiger partial charge in [0.2, 0.25) is 0 Å². The molecule has 94 valence electrons. The molecule has 0 bridgehead atoms. The van der Waals surface area contributed by atoms with Crippen LogP contribution in [-0.2, 0) is 9.53 Å². The number of ether oxygens (including phenoxy) is 1. The topological polar surface area (TPSA) is 38.3 Å². The number of carbonyl (C=O) groups excluding carboxylic acids is 1. The van der Waals surface area contributed by atoms with Crippen molar-refractivity contribution in [3.05, 3.63) is 28.8 Å². The lowest BCUT2D eigenvalue weighted by Crippen LogP contribution is -2.08. The predicted octanol–water partition coefficient (Wildman–Crippen LogP) is 2.98. The fourth-order valence-corrected chi connectivity index (χ4v) is 1.52. The van der Waals surface area contributed by atoms with E-state index in [4.69, 9.17) is 11.6 Å². The first-order valence-electron chi connectivity index (χ1n) is 5.00. The first kappa shape index (κ1) is 13.7. The molecule has 1 rings (SSSR count). The van der Waals surface area contributed by atoms with Gasteiger partial charge in [-0.2, -0.15) is 0 Å². The van der Waals surface area contributed by atoms with Gasteiger partial charge in [0.1, 0.15) is 5.82 Å². The summed E-state index contributed by atoms with van der Waals surface area (Å²) in [5, 5.41) is 2.68. The maximum atomic E-state index is 13.3. The molecule has 0 aliphatic rings. The molecule has 3 nitrogen and oxygen atoms in total. The smallest absolute Gasteiger partial charge is 0.305 e. The van der Waals surface area contributed by atoms with E-state index in [1.807, 2.05) is 0 Å². The van der Waals surface area contributed by atoms with Crippen LogP contribution in [0.2, 0.25) is 5.02 Å². The molecule has 6 heteroatoms. The number of carbonyl (C=O) groups is 1. The first-order chi connectivity index (χ1) is 8.04. The van der Waals surface area contributed by atoms with Crippen LogP contribution < -0.4 is 5.32 Å². The van der Waals surface area contributed by atoms with Crippen LogP contribution in [0.25, 0.3) is 0 Å². The van der Waals surface area contributed by atoms with Crippen LogP contribution in [0.3, 0.4) is 0 Å². The number of rotatable bonds is 5. The number of anilines is 1. The van der Waals surface area contributed by atoms with Crippen molar-refractivity contribution in [2.24, 2.45) is 0 Å². The molecule has 17 heavy (non-hydrogen) atoms. The van der Waals surface area contributed by atoms with E-state index in [1.165, 1.54) is 7.11 Å². The molecule has 0 heterocycles. The SMILES string of the molecule is COC(=O)CCCNc1c(F)cc(F)cc1Cl. The summed E-state index contributed by atoms with van der Waals surface area (Å²) >= 11 is 5.67. The van der Waals surface area contributed by atoms with Crippen molar-refractivity contribution in [2.75, 3.05) is 19.0 Å². The Bertz CT molecular complexity index is 389. The third kappa shape index (κ3) is 4.19. The Kier molecular flexibility index (Phi) is 5.15. The number of halogens is 3. The quantitative estimate of drug-likeness (QED) is 0.656. The van der Waals surface area contributed by atoms with Gasteiger partial charge in [0.25, 0.3) is 0 Å². The van der Waals surface area contributed by atoms with Gasteiger partial charge in [0, 0.05) is 19.0 Å². The second-order valence-electron chi connectivity index (χ2n) is 3.35. The molecule has 0 saturated carbocycles. The Labute approximate surface area is 103 Å².